The molecule has 104 valence electrons. The van der Waals surface area contributed by atoms with Crippen molar-refractivity contribution in [2.75, 3.05) is 0 Å². The number of rotatable bonds is 4. The normalized spacial score (nSPS) is 10.4. The molecular weight excluding hydrogens is 281 g/mol. The van der Waals surface area contributed by atoms with E-state index in [0.29, 0.717) is 5.02 Å². The summed E-state index contributed by atoms with van der Waals surface area (Å²) in [6, 6.07) is 9.15. The molecule has 0 atom stereocenters. The van der Waals surface area contributed by atoms with Gasteiger partial charge in [0.15, 0.2) is 11.6 Å². The lowest BCUT2D eigenvalue weighted by Gasteiger charge is -2.10. The maximum absolute atomic E-state index is 13.6. The zero-order chi connectivity index (χ0) is 14.7. The van der Waals surface area contributed by atoms with E-state index in [4.69, 9.17) is 26.4 Å². The smallest absolute Gasteiger partial charge is 0.486 e. The minimum atomic E-state index is -1.67. The van der Waals surface area contributed by atoms with Gasteiger partial charge in [0, 0.05) is 10.6 Å². The van der Waals surface area contributed by atoms with Gasteiger partial charge in [0.1, 0.15) is 6.61 Å². The summed E-state index contributed by atoms with van der Waals surface area (Å²) in [4.78, 5) is 0. The number of aryl methyl sites for hydroxylation is 1. The van der Waals surface area contributed by atoms with Crippen molar-refractivity contribution >= 4 is 24.2 Å². The van der Waals surface area contributed by atoms with Gasteiger partial charge >= 0.3 is 7.12 Å². The maximum atomic E-state index is 13.6. The molecular formula is C14H13BClFO3. The van der Waals surface area contributed by atoms with E-state index in [-0.39, 0.29) is 17.8 Å². The van der Waals surface area contributed by atoms with Crippen molar-refractivity contribution in [2.24, 2.45) is 0 Å². The Labute approximate surface area is 121 Å². The zero-order valence-electron chi connectivity index (χ0n) is 10.8. The SMILES string of the molecule is Cc1ccc(COc2cc(B(O)O)ccc2F)c(Cl)c1. The summed E-state index contributed by atoms with van der Waals surface area (Å²) >= 11 is 6.06. The van der Waals surface area contributed by atoms with Crippen LogP contribution in [-0.2, 0) is 6.61 Å². The molecule has 2 aromatic rings. The van der Waals surface area contributed by atoms with E-state index >= 15 is 0 Å². The first-order valence-electron chi connectivity index (χ1n) is 6.01. The molecule has 2 N–H and O–H groups in total. The first kappa shape index (κ1) is 14.8. The summed E-state index contributed by atoms with van der Waals surface area (Å²) in [6.07, 6.45) is 0. The Balaban J connectivity index is 2.16. The summed E-state index contributed by atoms with van der Waals surface area (Å²) in [5.41, 5.74) is 1.92. The van der Waals surface area contributed by atoms with Gasteiger partial charge < -0.3 is 14.8 Å². The van der Waals surface area contributed by atoms with Crippen LogP contribution in [0.2, 0.25) is 5.02 Å². The Morgan fingerprint density at radius 1 is 1.20 bits per heavy atom. The Kier molecular flexibility index (Phi) is 4.65. The highest BCUT2D eigenvalue weighted by molar-refractivity contribution is 6.58. The second-order valence-electron chi connectivity index (χ2n) is 4.45. The molecule has 0 spiro atoms. The average Bonchev–Trinajstić information content (AvgIpc) is 2.39. The predicted molar refractivity (Wildman–Crippen MR) is 76.7 cm³/mol. The molecule has 0 fully saturated rings. The quantitative estimate of drug-likeness (QED) is 0.849. The van der Waals surface area contributed by atoms with Crippen LogP contribution in [0.3, 0.4) is 0 Å². The van der Waals surface area contributed by atoms with Crippen LogP contribution in [0.15, 0.2) is 36.4 Å². The molecule has 2 rings (SSSR count). The predicted octanol–water partition coefficient (Wildman–Crippen LogP) is 2.05. The van der Waals surface area contributed by atoms with E-state index in [1.54, 1.807) is 12.1 Å². The Hall–Kier alpha value is -1.56. The van der Waals surface area contributed by atoms with Crippen LogP contribution < -0.4 is 10.2 Å². The molecule has 6 heteroatoms. The molecule has 0 unspecified atom stereocenters. The van der Waals surface area contributed by atoms with Crippen molar-refractivity contribution in [3.63, 3.8) is 0 Å². The molecule has 0 aliphatic carbocycles. The minimum Gasteiger partial charge on any atom is -0.486 e. The van der Waals surface area contributed by atoms with Gasteiger partial charge in [0.05, 0.1) is 0 Å². The Bertz CT molecular complexity index is 619. The molecule has 2 aromatic carbocycles. The number of benzene rings is 2. The Morgan fingerprint density at radius 2 is 1.95 bits per heavy atom. The van der Waals surface area contributed by atoms with Crippen LogP contribution in [0.25, 0.3) is 0 Å². The summed E-state index contributed by atoms with van der Waals surface area (Å²) < 4.78 is 18.9. The first-order chi connectivity index (χ1) is 9.47. The van der Waals surface area contributed by atoms with Gasteiger partial charge in [-0.1, -0.05) is 29.8 Å². The van der Waals surface area contributed by atoms with Crippen LogP contribution in [-0.4, -0.2) is 17.2 Å². The van der Waals surface area contributed by atoms with Gasteiger partial charge in [-0.15, -0.1) is 0 Å². The van der Waals surface area contributed by atoms with E-state index in [9.17, 15) is 4.39 Å². The number of halogens is 2. The highest BCUT2D eigenvalue weighted by Crippen LogP contribution is 2.21. The molecule has 0 aliphatic heterocycles. The molecule has 20 heavy (non-hydrogen) atoms. The third-order valence-corrected chi connectivity index (χ3v) is 3.20. The standard InChI is InChI=1S/C14H13BClFO3/c1-9-2-3-10(12(16)6-9)8-20-14-7-11(15(18)19)4-5-13(14)17/h2-7,18-19H,8H2,1H3. The van der Waals surface area contributed by atoms with E-state index in [0.717, 1.165) is 17.2 Å². The highest BCUT2D eigenvalue weighted by atomic mass is 35.5. The van der Waals surface area contributed by atoms with E-state index in [1.807, 2.05) is 13.0 Å². The third kappa shape index (κ3) is 3.51. The Morgan fingerprint density at radius 3 is 2.60 bits per heavy atom. The fourth-order valence-electron chi connectivity index (χ4n) is 1.72. The van der Waals surface area contributed by atoms with Crippen LogP contribution in [0.5, 0.6) is 5.75 Å². The lowest BCUT2D eigenvalue weighted by atomic mass is 9.80. The third-order valence-electron chi connectivity index (χ3n) is 2.85. The number of hydrogen-bond donors (Lipinski definition) is 2. The summed E-state index contributed by atoms with van der Waals surface area (Å²) in [5.74, 6) is -0.620. The molecule has 0 saturated carbocycles. The molecule has 0 saturated heterocycles. The molecule has 0 bridgehead atoms. The summed E-state index contributed by atoms with van der Waals surface area (Å²) in [6.45, 7) is 2.02. The van der Waals surface area contributed by atoms with E-state index in [1.165, 1.54) is 12.1 Å². The molecule has 0 amide bonds. The highest BCUT2D eigenvalue weighted by Gasteiger charge is 2.14. The van der Waals surface area contributed by atoms with Crippen LogP contribution in [0.4, 0.5) is 4.39 Å². The second-order valence-corrected chi connectivity index (χ2v) is 4.85. The van der Waals surface area contributed by atoms with Crippen LogP contribution in [0, 0.1) is 12.7 Å². The van der Waals surface area contributed by atoms with Crippen molar-refractivity contribution in [3.8, 4) is 5.75 Å². The van der Waals surface area contributed by atoms with Crippen molar-refractivity contribution in [1.29, 1.82) is 0 Å². The first-order valence-corrected chi connectivity index (χ1v) is 6.38. The van der Waals surface area contributed by atoms with Crippen molar-refractivity contribution < 1.29 is 19.2 Å². The average molecular weight is 295 g/mol. The largest absolute Gasteiger partial charge is 0.488 e. The topological polar surface area (TPSA) is 49.7 Å². The summed E-state index contributed by atoms with van der Waals surface area (Å²) in [5, 5.41) is 18.7. The monoisotopic (exact) mass is 294 g/mol. The second kappa shape index (κ2) is 6.26. The molecule has 3 nitrogen and oxygen atoms in total. The zero-order valence-corrected chi connectivity index (χ0v) is 11.6. The number of ether oxygens (including phenoxy) is 1. The van der Waals surface area contributed by atoms with Crippen LogP contribution >= 0.6 is 11.6 Å². The lowest BCUT2D eigenvalue weighted by Crippen LogP contribution is -2.29. The fraction of sp³-hybridized carbons (Fsp3) is 0.143. The molecule has 0 radical (unpaired) electrons. The maximum Gasteiger partial charge on any atom is 0.488 e. The molecule has 0 heterocycles. The van der Waals surface area contributed by atoms with Gasteiger partial charge in [0.25, 0.3) is 0 Å². The van der Waals surface area contributed by atoms with Crippen LogP contribution in [0.1, 0.15) is 11.1 Å². The lowest BCUT2D eigenvalue weighted by molar-refractivity contribution is 0.290. The van der Waals surface area contributed by atoms with Gasteiger partial charge in [-0.05, 0) is 36.1 Å². The van der Waals surface area contributed by atoms with Crippen molar-refractivity contribution in [2.45, 2.75) is 13.5 Å². The van der Waals surface area contributed by atoms with Gasteiger partial charge in [0.2, 0.25) is 0 Å². The van der Waals surface area contributed by atoms with E-state index in [2.05, 4.69) is 0 Å². The van der Waals surface area contributed by atoms with Gasteiger partial charge in [-0.25, -0.2) is 4.39 Å². The number of hydrogen-bond acceptors (Lipinski definition) is 3. The summed E-state index contributed by atoms with van der Waals surface area (Å²) in [7, 11) is -1.67. The van der Waals surface area contributed by atoms with Gasteiger partial charge in [-0.3, -0.25) is 0 Å². The molecule has 0 aliphatic rings. The van der Waals surface area contributed by atoms with Crippen molar-refractivity contribution in [1.82, 2.24) is 0 Å². The molecule has 0 aromatic heterocycles. The van der Waals surface area contributed by atoms with Gasteiger partial charge in [-0.2, -0.15) is 0 Å². The fourth-order valence-corrected chi connectivity index (χ4v) is 2.01. The van der Waals surface area contributed by atoms with Crippen molar-refractivity contribution in [3.05, 3.63) is 58.4 Å². The minimum absolute atomic E-state index is 0.0489. The van der Waals surface area contributed by atoms with E-state index < -0.39 is 12.9 Å².